The third-order valence-electron chi connectivity index (χ3n) is 12.9. The van der Waals surface area contributed by atoms with Crippen molar-refractivity contribution in [2.45, 2.75) is 277 Å². The van der Waals surface area contributed by atoms with E-state index in [0.29, 0.717) is 12.8 Å². The standard InChI is InChI=1S/C70H114O6/c1-4-7-10-13-16-19-22-25-28-31-33-34-35-36-38-39-42-45-48-51-54-57-60-63-69(72)75-66-67(65-74-68(71)62-59-56-53-50-47-44-41-30-27-24-21-18-15-12-9-6-3)76-70(73)64-61-58-55-52-49-46-43-40-37-32-29-26-23-20-17-14-11-8-5-2/h7-8,10-11,16-17,19-20,25-26,28-29,33-34,36-38,40,42,45-46,49,67H,4-6,9,12-15,18,21-24,27,30-32,35,39,41,43-44,47-48,50-66H2,1-3H3/b10-7-,11-8-,19-16-,20-17-,28-25-,29-26-,34-33-,38-36-,40-37-,45-42-,49-46-. The quantitative estimate of drug-likeness (QED) is 0.0261. The SMILES string of the molecule is CC/C=C\C/C=C\C/C=C\C/C=C\C/C=C\C/C=C\CCCCCCC(=O)OCC(COC(=O)CCCCCCCCCCCCCCCCCC)OC(=O)CCCCC/C=C\C/C=C\C/C=C\C/C=C\C/C=C\CC. The highest BCUT2D eigenvalue weighted by atomic mass is 16.6. The van der Waals surface area contributed by atoms with Crippen molar-refractivity contribution in [2.24, 2.45) is 0 Å². The monoisotopic (exact) mass is 1050 g/mol. The number of esters is 3. The maximum absolute atomic E-state index is 12.9. The van der Waals surface area contributed by atoms with Crippen LogP contribution in [0.2, 0.25) is 0 Å². The second kappa shape index (κ2) is 63.1. The number of rotatable bonds is 55. The summed E-state index contributed by atoms with van der Waals surface area (Å²) in [5, 5.41) is 0. The van der Waals surface area contributed by atoms with E-state index >= 15 is 0 Å². The van der Waals surface area contributed by atoms with Crippen LogP contribution in [0.3, 0.4) is 0 Å². The zero-order valence-electron chi connectivity index (χ0n) is 49.2. The van der Waals surface area contributed by atoms with Gasteiger partial charge in [0.05, 0.1) is 0 Å². The minimum atomic E-state index is -0.811. The molecule has 76 heavy (non-hydrogen) atoms. The van der Waals surface area contributed by atoms with Crippen molar-refractivity contribution in [3.8, 4) is 0 Å². The summed E-state index contributed by atoms with van der Waals surface area (Å²) >= 11 is 0. The molecule has 0 aromatic rings. The summed E-state index contributed by atoms with van der Waals surface area (Å²) in [4.78, 5) is 38.3. The summed E-state index contributed by atoms with van der Waals surface area (Å²) in [5.41, 5.74) is 0. The van der Waals surface area contributed by atoms with Crippen LogP contribution in [0, 0.1) is 0 Å². The van der Waals surface area contributed by atoms with Crippen LogP contribution >= 0.6 is 0 Å². The van der Waals surface area contributed by atoms with E-state index in [4.69, 9.17) is 14.2 Å². The summed E-state index contributed by atoms with van der Waals surface area (Å²) < 4.78 is 16.9. The second-order valence-electron chi connectivity index (χ2n) is 20.2. The van der Waals surface area contributed by atoms with Gasteiger partial charge in [-0.25, -0.2) is 0 Å². The fraction of sp³-hybridized carbons (Fsp3) is 0.643. The molecule has 6 heteroatoms. The Balaban J connectivity index is 4.50. The molecule has 430 valence electrons. The number of hydrogen-bond acceptors (Lipinski definition) is 6. The molecule has 0 aliphatic heterocycles. The zero-order valence-corrected chi connectivity index (χ0v) is 49.2. The lowest BCUT2D eigenvalue weighted by Crippen LogP contribution is -2.30. The fourth-order valence-corrected chi connectivity index (χ4v) is 8.30. The third kappa shape index (κ3) is 60.4. The Kier molecular flexibility index (Phi) is 59.4. The predicted molar refractivity (Wildman–Crippen MR) is 329 cm³/mol. The van der Waals surface area contributed by atoms with Gasteiger partial charge in [0.2, 0.25) is 0 Å². The lowest BCUT2D eigenvalue weighted by Gasteiger charge is -2.18. The van der Waals surface area contributed by atoms with E-state index in [0.717, 1.165) is 148 Å². The Hall–Kier alpha value is -4.45. The first-order chi connectivity index (χ1) is 37.5. The molecular weight excluding hydrogens is 937 g/mol. The fourth-order valence-electron chi connectivity index (χ4n) is 8.30. The molecule has 0 bridgehead atoms. The minimum absolute atomic E-state index is 0.102. The Labute approximate surface area is 468 Å². The van der Waals surface area contributed by atoms with Gasteiger partial charge in [0.1, 0.15) is 13.2 Å². The highest BCUT2D eigenvalue weighted by Crippen LogP contribution is 2.15. The first-order valence-electron chi connectivity index (χ1n) is 31.2. The molecule has 0 amide bonds. The molecule has 0 aromatic carbocycles. The molecular formula is C70H114O6. The van der Waals surface area contributed by atoms with Gasteiger partial charge in [0, 0.05) is 19.3 Å². The van der Waals surface area contributed by atoms with E-state index in [-0.39, 0.29) is 37.5 Å². The lowest BCUT2D eigenvalue weighted by molar-refractivity contribution is -0.167. The van der Waals surface area contributed by atoms with E-state index in [1.807, 2.05) is 0 Å². The van der Waals surface area contributed by atoms with Gasteiger partial charge in [-0.2, -0.15) is 0 Å². The highest BCUT2D eigenvalue weighted by Gasteiger charge is 2.19. The molecule has 0 saturated carbocycles. The minimum Gasteiger partial charge on any atom is -0.462 e. The number of hydrogen-bond donors (Lipinski definition) is 0. The maximum atomic E-state index is 12.9. The zero-order chi connectivity index (χ0) is 55.0. The average Bonchev–Trinajstić information content (AvgIpc) is 3.42. The molecule has 0 aromatic heterocycles. The molecule has 0 rings (SSSR count). The molecule has 0 radical (unpaired) electrons. The molecule has 1 atom stereocenters. The topological polar surface area (TPSA) is 78.9 Å². The number of allylic oxidation sites excluding steroid dienone is 22. The van der Waals surface area contributed by atoms with Crippen molar-refractivity contribution in [1.82, 2.24) is 0 Å². The van der Waals surface area contributed by atoms with Gasteiger partial charge in [0.25, 0.3) is 0 Å². The van der Waals surface area contributed by atoms with Gasteiger partial charge in [0.15, 0.2) is 6.10 Å². The number of carbonyl (C=O) groups is 3. The maximum Gasteiger partial charge on any atom is 0.306 e. The summed E-state index contributed by atoms with van der Waals surface area (Å²) in [5.74, 6) is -0.957. The van der Waals surface area contributed by atoms with Gasteiger partial charge >= 0.3 is 17.9 Å². The van der Waals surface area contributed by atoms with Crippen LogP contribution in [-0.2, 0) is 28.6 Å². The molecule has 0 aliphatic rings. The van der Waals surface area contributed by atoms with Gasteiger partial charge in [-0.3, -0.25) is 14.4 Å². The molecule has 1 unspecified atom stereocenters. The van der Waals surface area contributed by atoms with Crippen molar-refractivity contribution in [3.63, 3.8) is 0 Å². The van der Waals surface area contributed by atoms with Gasteiger partial charge in [-0.1, -0.05) is 270 Å². The van der Waals surface area contributed by atoms with Crippen LogP contribution in [0.5, 0.6) is 0 Å². The van der Waals surface area contributed by atoms with Crippen molar-refractivity contribution < 1.29 is 28.6 Å². The van der Waals surface area contributed by atoms with Gasteiger partial charge < -0.3 is 14.2 Å². The molecule has 0 fully saturated rings. The molecule has 6 nitrogen and oxygen atoms in total. The molecule has 0 saturated heterocycles. The van der Waals surface area contributed by atoms with Gasteiger partial charge in [-0.15, -0.1) is 0 Å². The van der Waals surface area contributed by atoms with Crippen molar-refractivity contribution in [2.75, 3.05) is 13.2 Å². The Morgan fingerprint density at radius 3 is 0.816 bits per heavy atom. The van der Waals surface area contributed by atoms with E-state index in [1.54, 1.807) is 0 Å². The highest BCUT2D eigenvalue weighted by molar-refractivity contribution is 5.71. The Morgan fingerprint density at radius 2 is 0.513 bits per heavy atom. The largest absolute Gasteiger partial charge is 0.462 e. The Bertz CT molecular complexity index is 1630. The predicted octanol–water partition coefficient (Wildman–Crippen LogP) is 21.4. The summed E-state index contributed by atoms with van der Waals surface area (Å²) in [6, 6.07) is 0. The van der Waals surface area contributed by atoms with E-state index < -0.39 is 6.10 Å². The number of ether oxygens (including phenoxy) is 3. The summed E-state index contributed by atoms with van der Waals surface area (Å²) in [7, 11) is 0. The summed E-state index contributed by atoms with van der Waals surface area (Å²) in [6.07, 6.45) is 88.7. The van der Waals surface area contributed by atoms with Crippen LogP contribution in [0.15, 0.2) is 134 Å². The van der Waals surface area contributed by atoms with Crippen LogP contribution in [0.4, 0.5) is 0 Å². The van der Waals surface area contributed by atoms with E-state index in [1.165, 1.54) is 83.5 Å². The Morgan fingerprint density at radius 1 is 0.276 bits per heavy atom. The molecule has 0 aliphatic carbocycles. The molecule has 0 heterocycles. The van der Waals surface area contributed by atoms with Crippen LogP contribution in [0.25, 0.3) is 0 Å². The smallest absolute Gasteiger partial charge is 0.306 e. The van der Waals surface area contributed by atoms with Crippen molar-refractivity contribution >= 4 is 17.9 Å². The van der Waals surface area contributed by atoms with Gasteiger partial charge in [-0.05, 0) is 116 Å². The van der Waals surface area contributed by atoms with Crippen molar-refractivity contribution in [1.29, 1.82) is 0 Å². The molecule has 0 N–H and O–H groups in total. The number of unbranched alkanes of at least 4 members (excludes halogenated alkanes) is 22. The second-order valence-corrected chi connectivity index (χ2v) is 20.2. The van der Waals surface area contributed by atoms with E-state index in [2.05, 4.69) is 154 Å². The third-order valence-corrected chi connectivity index (χ3v) is 12.9. The first kappa shape index (κ1) is 71.5. The number of carbonyl (C=O) groups excluding carboxylic acids is 3. The van der Waals surface area contributed by atoms with Crippen LogP contribution < -0.4 is 0 Å². The first-order valence-corrected chi connectivity index (χ1v) is 31.2. The van der Waals surface area contributed by atoms with Crippen LogP contribution in [0.1, 0.15) is 271 Å². The van der Waals surface area contributed by atoms with E-state index in [9.17, 15) is 14.4 Å². The van der Waals surface area contributed by atoms with Crippen molar-refractivity contribution in [3.05, 3.63) is 134 Å². The average molecular weight is 1050 g/mol. The summed E-state index contributed by atoms with van der Waals surface area (Å²) in [6.45, 7) is 6.38. The normalized spacial score (nSPS) is 13.0. The van der Waals surface area contributed by atoms with Crippen LogP contribution in [-0.4, -0.2) is 37.2 Å². The molecule has 0 spiro atoms. The lowest BCUT2D eigenvalue weighted by atomic mass is 10.0.